The summed E-state index contributed by atoms with van der Waals surface area (Å²) < 4.78 is 13.9. The van der Waals surface area contributed by atoms with E-state index in [2.05, 4.69) is 11.6 Å². The highest BCUT2D eigenvalue weighted by Crippen LogP contribution is 2.21. The fraction of sp³-hybridized carbons (Fsp3) is 0.286. The second kappa shape index (κ2) is 5.58. The lowest BCUT2D eigenvalue weighted by molar-refractivity contribution is 0.0998. The Hall–Kier alpha value is -1.97. The van der Waals surface area contributed by atoms with Gasteiger partial charge in [-0.1, -0.05) is 18.2 Å². The summed E-state index contributed by atoms with van der Waals surface area (Å²) >= 11 is 0. The van der Waals surface area contributed by atoms with Crippen molar-refractivity contribution >= 4 is 17.8 Å². The maximum Gasteiger partial charge on any atom is 0.281 e. The zero-order valence-corrected chi connectivity index (χ0v) is 11.1. The third-order valence-electron chi connectivity index (χ3n) is 2.40. The van der Waals surface area contributed by atoms with Gasteiger partial charge >= 0.3 is 0 Å². The fourth-order valence-corrected chi connectivity index (χ4v) is 1.49. The molecule has 0 heterocycles. The molecule has 0 unspecified atom stereocenters. The van der Waals surface area contributed by atoms with Crippen LogP contribution in [-0.2, 0) is 0 Å². The summed E-state index contributed by atoms with van der Waals surface area (Å²) in [5.74, 6) is -1.14. The summed E-state index contributed by atoms with van der Waals surface area (Å²) in [4.78, 5) is 17.1. The van der Waals surface area contributed by atoms with Crippen molar-refractivity contribution in [1.29, 1.82) is 0 Å². The minimum absolute atomic E-state index is 0.0121. The van der Waals surface area contributed by atoms with E-state index in [1.807, 2.05) is 0 Å². The second-order valence-electron chi connectivity index (χ2n) is 4.44. The molecule has 0 spiro atoms. The minimum atomic E-state index is -0.577. The van der Waals surface area contributed by atoms with Gasteiger partial charge in [0.1, 0.15) is 5.82 Å². The van der Waals surface area contributed by atoms with Crippen LogP contribution in [-0.4, -0.2) is 31.2 Å². The highest BCUT2D eigenvalue weighted by atomic mass is 19.1. The summed E-state index contributed by atoms with van der Waals surface area (Å²) in [6.07, 6.45) is 1.36. The van der Waals surface area contributed by atoms with E-state index in [9.17, 15) is 9.18 Å². The molecule has 0 fully saturated rings. The molecular formula is C14H17FN2O. The average molecular weight is 248 g/mol. The number of amides is 1. The van der Waals surface area contributed by atoms with Crippen molar-refractivity contribution in [2.24, 2.45) is 4.99 Å². The van der Waals surface area contributed by atoms with Crippen molar-refractivity contribution in [3.8, 4) is 0 Å². The Balaban J connectivity index is 3.18. The summed E-state index contributed by atoms with van der Waals surface area (Å²) in [5.41, 5.74) is 2.03. The fourth-order valence-electron chi connectivity index (χ4n) is 1.49. The van der Waals surface area contributed by atoms with E-state index < -0.39 is 11.7 Å². The van der Waals surface area contributed by atoms with E-state index in [0.717, 1.165) is 5.57 Å². The first-order valence-corrected chi connectivity index (χ1v) is 5.54. The van der Waals surface area contributed by atoms with Crippen LogP contribution >= 0.6 is 0 Å². The predicted octanol–water partition coefficient (Wildman–Crippen LogP) is 2.90. The molecule has 18 heavy (non-hydrogen) atoms. The number of hydrogen-bond donors (Lipinski definition) is 0. The molecule has 4 heteroatoms. The number of aryl methyl sites for hydroxylation is 1. The van der Waals surface area contributed by atoms with Crippen molar-refractivity contribution in [2.45, 2.75) is 13.8 Å². The van der Waals surface area contributed by atoms with Gasteiger partial charge in [-0.15, -0.1) is 0 Å². The molecule has 1 rings (SSSR count). The van der Waals surface area contributed by atoms with Crippen LogP contribution in [0.4, 0.5) is 4.39 Å². The quantitative estimate of drug-likeness (QED) is 0.608. The molecule has 0 aliphatic carbocycles. The normalized spacial score (nSPS) is 10.7. The molecule has 0 aromatic heterocycles. The first-order chi connectivity index (χ1) is 8.32. The topological polar surface area (TPSA) is 32.7 Å². The zero-order chi connectivity index (χ0) is 13.9. The molecule has 1 aromatic rings. The molecular weight excluding hydrogens is 231 g/mol. The first kappa shape index (κ1) is 14.1. The lowest BCUT2D eigenvalue weighted by Crippen LogP contribution is -2.11. The van der Waals surface area contributed by atoms with Gasteiger partial charge in [-0.2, -0.15) is 4.99 Å². The van der Waals surface area contributed by atoms with Gasteiger partial charge < -0.3 is 4.90 Å². The third kappa shape index (κ3) is 3.26. The first-order valence-electron chi connectivity index (χ1n) is 5.54. The highest BCUT2D eigenvalue weighted by molar-refractivity contribution is 6.00. The van der Waals surface area contributed by atoms with E-state index in [-0.39, 0.29) is 5.56 Å². The number of allylic oxidation sites excluding steroid dienone is 1. The molecule has 3 nitrogen and oxygen atoms in total. The van der Waals surface area contributed by atoms with E-state index in [4.69, 9.17) is 0 Å². The Morgan fingerprint density at radius 2 is 2.06 bits per heavy atom. The molecule has 1 amide bonds. The van der Waals surface area contributed by atoms with Crippen molar-refractivity contribution in [3.05, 3.63) is 41.2 Å². The standard InChI is InChI=1S/C14H17FN2O/c1-9(2)11-6-10(3)13(12(15)7-11)14(18)16-8-17(4)5/h6-8H,1H2,2-5H3/b16-8+. The monoisotopic (exact) mass is 248 g/mol. The van der Waals surface area contributed by atoms with Gasteiger partial charge in [-0.05, 0) is 31.0 Å². The van der Waals surface area contributed by atoms with Crippen LogP contribution in [0, 0.1) is 12.7 Å². The smallest absolute Gasteiger partial charge is 0.281 e. The van der Waals surface area contributed by atoms with Crippen molar-refractivity contribution in [3.63, 3.8) is 0 Å². The number of benzene rings is 1. The van der Waals surface area contributed by atoms with Crippen molar-refractivity contribution in [2.75, 3.05) is 14.1 Å². The van der Waals surface area contributed by atoms with E-state index in [1.54, 1.807) is 38.9 Å². The molecule has 0 radical (unpaired) electrons. The molecule has 0 bridgehead atoms. The third-order valence-corrected chi connectivity index (χ3v) is 2.40. The highest BCUT2D eigenvalue weighted by Gasteiger charge is 2.15. The predicted molar refractivity (Wildman–Crippen MR) is 72.4 cm³/mol. The number of carbonyl (C=O) groups is 1. The van der Waals surface area contributed by atoms with Gasteiger partial charge in [0.2, 0.25) is 0 Å². The van der Waals surface area contributed by atoms with Crippen LogP contribution in [0.1, 0.15) is 28.4 Å². The summed E-state index contributed by atoms with van der Waals surface area (Å²) in [6, 6.07) is 3.05. The van der Waals surface area contributed by atoms with Crippen LogP contribution in [0.25, 0.3) is 5.57 Å². The van der Waals surface area contributed by atoms with Gasteiger partial charge in [-0.3, -0.25) is 4.79 Å². The Labute approximate surface area is 107 Å². The van der Waals surface area contributed by atoms with Crippen LogP contribution in [0.15, 0.2) is 23.7 Å². The van der Waals surface area contributed by atoms with Crippen molar-refractivity contribution in [1.82, 2.24) is 4.90 Å². The Kier molecular flexibility index (Phi) is 4.37. The molecule has 0 atom stereocenters. The number of nitrogens with zero attached hydrogens (tertiary/aromatic N) is 2. The van der Waals surface area contributed by atoms with E-state index in [1.165, 1.54) is 12.4 Å². The summed E-state index contributed by atoms with van der Waals surface area (Å²) in [5, 5.41) is 0. The maximum absolute atomic E-state index is 13.9. The number of halogens is 1. The lowest BCUT2D eigenvalue weighted by atomic mass is 10.0. The van der Waals surface area contributed by atoms with Gasteiger partial charge in [0.05, 0.1) is 11.9 Å². The van der Waals surface area contributed by atoms with Gasteiger partial charge in [-0.25, -0.2) is 4.39 Å². The molecule has 96 valence electrons. The van der Waals surface area contributed by atoms with Gasteiger partial charge in [0, 0.05) is 14.1 Å². The number of hydrogen-bond acceptors (Lipinski definition) is 1. The average Bonchev–Trinajstić information content (AvgIpc) is 2.25. The summed E-state index contributed by atoms with van der Waals surface area (Å²) in [7, 11) is 3.48. The van der Waals surface area contributed by atoms with Crippen LogP contribution in [0.3, 0.4) is 0 Å². The molecule has 0 saturated heterocycles. The SMILES string of the molecule is C=C(C)c1cc(C)c(C(=O)/N=C/N(C)C)c(F)c1. The molecule has 1 aromatic carbocycles. The Morgan fingerprint density at radius 3 is 2.50 bits per heavy atom. The molecule has 0 N–H and O–H groups in total. The minimum Gasteiger partial charge on any atom is -0.369 e. The van der Waals surface area contributed by atoms with Gasteiger partial charge in [0.15, 0.2) is 0 Å². The molecule has 0 aliphatic heterocycles. The maximum atomic E-state index is 13.9. The summed E-state index contributed by atoms with van der Waals surface area (Å²) in [6.45, 7) is 7.23. The Morgan fingerprint density at radius 1 is 1.44 bits per heavy atom. The second-order valence-corrected chi connectivity index (χ2v) is 4.44. The largest absolute Gasteiger partial charge is 0.369 e. The number of carbonyl (C=O) groups excluding carboxylic acids is 1. The molecule has 0 saturated carbocycles. The van der Waals surface area contributed by atoms with Crippen LogP contribution < -0.4 is 0 Å². The number of rotatable bonds is 3. The Bertz CT molecular complexity index is 496. The number of aliphatic imine (C=N–C) groups is 1. The lowest BCUT2D eigenvalue weighted by Gasteiger charge is -2.08. The zero-order valence-electron chi connectivity index (χ0n) is 11.1. The van der Waals surface area contributed by atoms with E-state index >= 15 is 0 Å². The van der Waals surface area contributed by atoms with Crippen molar-refractivity contribution < 1.29 is 9.18 Å². The van der Waals surface area contributed by atoms with Gasteiger partial charge in [0.25, 0.3) is 5.91 Å². The van der Waals surface area contributed by atoms with Crippen LogP contribution in [0.2, 0.25) is 0 Å². The van der Waals surface area contributed by atoms with Crippen LogP contribution in [0.5, 0.6) is 0 Å². The molecule has 0 aliphatic rings. The van der Waals surface area contributed by atoms with E-state index in [0.29, 0.717) is 11.1 Å².